The van der Waals surface area contributed by atoms with Gasteiger partial charge in [0.15, 0.2) is 6.61 Å². The lowest BCUT2D eigenvalue weighted by atomic mass is 10.2. The maximum atomic E-state index is 12.2. The van der Waals surface area contributed by atoms with E-state index in [0.29, 0.717) is 23.4 Å². The van der Waals surface area contributed by atoms with Crippen molar-refractivity contribution in [3.63, 3.8) is 0 Å². The molecule has 0 unspecified atom stereocenters. The van der Waals surface area contributed by atoms with Gasteiger partial charge >= 0.3 is 5.97 Å². The molecular formula is C20H22N2O4S. The summed E-state index contributed by atoms with van der Waals surface area (Å²) in [5.74, 6) is -0.410. The molecular weight excluding hydrogens is 364 g/mol. The average Bonchev–Trinajstić information content (AvgIpc) is 2.67. The highest BCUT2D eigenvalue weighted by Gasteiger charge is 2.14. The molecule has 0 aliphatic rings. The second kappa shape index (κ2) is 10.4. The van der Waals surface area contributed by atoms with Crippen LogP contribution in [0.15, 0.2) is 53.4 Å². The lowest BCUT2D eigenvalue weighted by molar-refractivity contribution is -0.119. The zero-order valence-electron chi connectivity index (χ0n) is 15.3. The number of hydrogen-bond donors (Lipinski definition) is 2. The van der Waals surface area contributed by atoms with E-state index in [1.807, 2.05) is 26.0 Å². The fourth-order valence-electron chi connectivity index (χ4n) is 2.32. The molecule has 0 aliphatic carbocycles. The van der Waals surface area contributed by atoms with Crippen molar-refractivity contribution >= 4 is 35.2 Å². The smallest absolute Gasteiger partial charge is 0.339 e. The summed E-state index contributed by atoms with van der Waals surface area (Å²) in [6.07, 6.45) is 0. The minimum absolute atomic E-state index is 0.218. The van der Waals surface area contributed by atoms with Crippen molar-refractivity contribution in [2.75, 3.05) is 24.2 Å². The van der Waals surface area contributed by atoms with E-state index in [2.05, 4.69) is 10.6 Å². The first kappa shape index (κ1) is 20.5. The molecule has 0 bridgehead atoms. The summed E-state index contributed by atoms with van der Waals surface area (Å²) in [5, 5.41) is 5.32. The highest BCUT2D eigenvalue weighted by Crippen LogP contribution is 2.22. The first-order chi connectivity index (χ1) is 13.0. The van der Waals surface area contributed by atoms with Crippen molar-refractivity contribution in [2.45, 2.75) is 18.7 Å². The Morgan fingerprint density at radius 1 is 1.04 bits per heavy atom. The Balaban J connectivity index is 1.94. The second-order valence-electron chi connectivity index (χ2n) is 5.49. The zero-order chi connectivity index (χ0) is 19.6. The molecule has 0 fully saturated rings. The maximum Gasteiger partial charge on any atom is 0.339 e. The summed E-state index contributed by atoms with van der Waals surface area (Å²) in [7, 11) is 0. The number of hydrogen-bond acceptors (Lipinski definition) is 5. The van der Waals surface area contributed by atoms with E-state index in [0.717, 1.165) is 10.6 Å². The van der Waals surface area contributed by atoms with E-state index in [1.165, 1.54) is 11.8 Å². The van der Waals surface area contributed by atoms with Crippen LogP contribution in [0, 0.1) is 0 Å². The lowest BCUT2D eigenvalue weighted by Crippen LogP contribution is -2.23. The Labute approximate surface area is 162 Å². The quantitative estimate of drug-likeness (QED) is 0.537. The summed E-state index contributed by atoms with van der Waals surface area (Å²) in [5.41, 5.74) is 1.34. The standard InChI is InChI=1S/C20H22N2O4S/c1-3-21-19(24)14-8-7-9-15(12-14)22-18(23)13-26-20(25)16-10-5-6-11-17(16)27-4-2/h5-12H,3-4,13H2,1-2H3,(H,21,24)(H,22,23). The van der Waals surface area contributed by atoms with Crippen molar-refractivity contribution in [3.8, 4) is 0 Å². The van der Waals surface area contributed by atoms with Gasteiger partial charge in [-0.2, -0.15) is 0 Å². The predicted octanol–water partition coefficient (Wildman–Crippen LogP) is 3.34. The Kier molecular flexibility index (Phi) is 7.88. The third-order valence-corrected chi connectivity index (χ3v) is 4.44. The molecule has 0 radical (unpaired) electrons. The van der Waals surface area contributed by atoms with Gasteiger partial charge in [-0.3, -0.25) is 9.59 Å². The van der Waals surface area contributed by atoms with Crippen molar-refractivity contribution in [1.82, 2.24) is 5.32 Å². The topological polar surface area (TPSA) is 84.5 Å². The minimum Gasteiger partial charge on any atom is -0.452 e. The monoisotopic (exact) mass is 386 g/mol. The highest BCUT2D eigenvalue weighted by atomic mass is 32.2. The molecule has 0 aliphatic heterocycles. The number of esters is 1. The number of benzene rings is 2. The van der Waals surface area contributed by atoms with Crippen molar-refractivity contribution in [2.24, 2.45) is 0 Å². The summed E-state index contributed by atoms with van der Waals surface area (Å²) < 4.78 is 5.12. The first-order valence-electron chi connectivity index (χ1n) is 8.62. The summed E-state index contributed by atoms with van der Waals surface area (Å²) >= 11 is 1.54. The Morgan fingerprint density at radius 2 is 1.81 bits per heavy atom. The molecule has 0 aromatic heterocycles. The van der Waals surface area contributed by atoms with Crippen LogP contribution in [-0.2, 0) is 9.53 Å². The van der Waals surface area contributed by atoms with Crippen LogP contribution >= 0.6 is 11.8 Å². The van der Waals surface area contributed by atoms with Crippen molar-refractivity contribution < 1.29 is 19.1 Å². The van der Waals surface area contributed by atoms with E-state index in [-0.39, 0.29) is 5.91 Å². The van der Waals surface area contributed by atoms with Crippen LogP contribution in [0.1, 0.15) is 34.6 Å². The number of rotatable bonds is 8. The van der Waals surface area contributed by atoms with Gasteiger partial charge in [0.25, 0.3) is 11.8 Å². The minimum atomic E-state index is -0.544. The average molecular weight is 386 g/mol. The van der Waals surface area contributed by atoms with Gasteiger partial charge < -0.3 is 15.4 Å². The molecule has 7 heteroatoms. The van der Waals surface area contributed by atoms with Gasteiger partial charge in [0.1, 0.15) is 0 Å². The maximum absolute atomic E-state index is 12.2. The number of carbonyl (C=O) groups excluding carboxylic acids is 3. The molecule has 2 aromatic carbocycles. The first-order valence-corrected chi connectivity index (χ1v) is 9.60. The molecule has 27 heavy (non-hydrogen) atoms. The Hall–Kier alpha value is -2.80. The largest absolute Gasteiger partial charge is 0.452 e. The van der Waals surface area contributed by atoms with Crippen LogP contribution < -0.4 is 10.6 Å². The molecule has 0 spiro atoms. The van der Waals surface area contributed by atoms with E-state index < -0.39 is 18.5 Å². The molecule has 0 saturated heterocycles. The van der Waals surface area contributed by atoms with Crippen LogP contribution in [0.25, 0.3) is 0 Å². The Bertz CT molecular complexity index is 823. The van der Waals surface area contributed by atoms with Gasteiger partial charge in [0.05, 0.1) is 5.56 Å². The van der Waals surface area contributed by atoms with E-state index in [1.54, 1.807) is 36.4 Å². The normalized spacial score (nSPS) is 10.1. The molecule has 0 atom stereocenters. The molecule has 2 rings (SSSR count). The van der Waals surface area contributed by atoms with Gasteiger partial charge in [-0.05, 0) is 43.0 Å². The SMILES string of the molecule is CCNC(=O)c1cccc(NC(=O)COC(=O)c2ccccc2SCC)c1. The van der Waals surface area contributed by atoms with E-state index in [4.69, 9.17) is 4.74 Å². The number of thioether (sulfide) groups is 1. The summed E-state index contributed by atoms with van der Waals surface area (Å²) in [6, 6.07) is 13.7. The molecule has 6 nitrogen and oxygen atoms in total. The number of amides is 2. The predicted molar refractivity (Wildman–Crippen MR) is 106 cm³/mol. The number of ether oxygens (including phenoxy) is 1. The molecule has 2 N–H and O–H groups in total. The molecule has 0 saturated carbocycles. The van der Waals surface area contributed by atoms with Crippen LogP contribution in [0.5, 0.6) is 0 Å². The van der Waals surface area contributed by atoms with Gasteiger partial charge in [-0.1, -0.05) is 25.1 Å². The fraction of sp³-hybridized carbons (Fsp3) is 0.250. The summed E-state index contributed by atoms with van der Waals surface area (Å²) in [6.45, 7) is 3.93. The van der Waals surface area contributed by atoms with E-state index >= 15 is 0 Å². The lowest BCUT2D eigenvalue weighted by Gasteiger charge is -2.10. The molecule has 142 valence electrons. The van der Waals surface area contributed by atoms with Gasteiger partial charge in [0.2, 0.25) is 0 Å². The molecule has 2 aromatic rings. The third-order valence-electron chi connectivity index (χ3n) is 3.49. The van der Waals surface area contributed by atoms with Crippen LogP contribution in [-0.4, -0.2) is 36.7 Å². The summed E-state index contributed by atoms with van der Waals surface area (Å²) in [4.78, 5) is 37.0. The van der Waals surface area contributed by atoms with Crippen LogP contribution in [0.4, 0.5) is 5.69 Å². The van der Waals surface area contributed by atoms with Crippen molar-refractivity contribution in [3.05, 3.63) is 59.7 Å². The molecule has 2 amide bonds. The second-order valence-corrected chi connectivity index (χ2v) is 6.80. The Morgan fingerprint density at radius 3 is 2.56 bits per heavy atom. The molecule has 0 heterocycles. The van der Waals surface area contributed by atoms with E-state index in [9.17, 15) is 14.4 Å². The van der Waals surface area contributed by atoms with Crippen LogP contribution in [0.3, 0.4) is 0 Å². The van der Waals surface area contributed by atoms with Crippen LogP contribution in [0.2, 0.25) is 0 Å². The number of carbonyl (C=O) groups is 3. The van der Waals surface area contributed by atoms with Gasteiger partial charge in [-0.25, -0.2) is 4.79 Å². The highest BCUT2D eigenvalue weighted by molar-refractivity contribution is 7.99. The van der Waals surface area contributed by atoms with Gasteiger partial charge in [0, 0.05) is 22.7 Å². The third kappa shape index (κ3) is 6.14. The van der Waals surface area contributed by atoms with Gasteiger partial charge in [-0.15, -0.1) is 11.8 Å². The fourth-order valence-corrected chi connectivity index (χ4v) is 3.12. The van der Waals surface area contributed by atoms with Crippen molar-refractivity contribution in [1.29, 1.82) is 0 Å². The zero-order valence-corrected chi connectivity index (χ0v) is 16.1. The number of anilines is 1. The number of nitrogens with one attached hydrogen (secondary N) is 2.